The molecule has 5 nitrogen and oxygen atoms in total. The molecule has 0 spiro atoms. The van der Waals surface area contributed by atoms with E-state index in [9.17, 15) is 13.7 Å². The van der Waals surface area contributed by atoms with E-state index in [0.29, 0.717) is 35.3 Å². The summed E-state index contributed by atoms with van der Waals surface area (Å²) in [5.41, 5.74) is 2.69. The number of nitrogens with zero attached hydrogens (tertiary/aromatic N) is 1. The summed E-state index contributed by atoms with van der Waals surface area (Å²) in [4.78, 5) is -0.381. The molecule has 0 aliphatic rings. The number of nitriles is 1. The van der Waals surface area contributed by atoms with Gasteiger partial charge in [-0.3, -0.25) is 0 Å². The van der Waals surface area contributed by atoms with E-state index < -0.39 is 9.84 Å². The highest BCUT2D eigenvalue weighted by Crippen LogP contribution is 2.31. The summed E-state index contributed by atoms with van der Waals surface area (Å²) in [6, 6.07) is 20.5. The maximum atomic E-state index is 12.9. The monoisotopic (exact) mass is 467 g/mol. The summed E-state index contributed by atoms with van der Waals surface area (Å²) in [7, 11) is -3.98. The van der Waals surface area contributed by atoms with Crippen molar-refractivity contribution in [1.29, 1.82) is 5.26 Å². The van der Waals surface area contributed by atoms with Crippen molar-refractivity contribution in [2.24, 2.45) is 0 Å². The molecule has 0 radical (unpaired) electrons. The number of sulfone groups is 1. The molecule has 0 saturated carbocycles. The SMILES string of the molecule is CCOc1cc(/C=C(\C#N)S(=O)(=O)c2ccc(Cl)cc2)ccc1OCc1ccc(C)cc1. The van der Waals surface area contributed by atoms with E-state index in [2.05, 4.69) is 0 Å². The number of rotatable bonds is 8. The number of benzene rings is 3. The predicted molar refractivity (Wildman–Crippen MR) is 125 cm³/mol. The summed E-state index contributed by atoms with van der Waals surface area (Å²) in [6.45, 7) is 4.64. The Morgan fingerprint density at radius 3 is 2.31 bits per heavy atom. The first kappa shape index (κ1) is 23.4. The van der Waals surface area contributed by atoms with Gasteiger partial charge in [-0.15, -0.1) is 0 Å². The maximum absolute atomic E-state index is 12.9. The average Bonchev–Trinajstić information content (AvgIpc) is 2.78. The topological polar surface area (TPSA) is 76.4 Å². The van der Waals surface area contributed by atoms with Crippen molar-refractivity contribution in [3.63, 3.8) is 0 Å². The number of ether oxygens (including phenoxy) is 2. The molecule has 0 unspecified atom stereocenters. The Morgan fingerprint density at radius 1 is 1.00 bits per heavy atom. The Morgan fingerprint density at radius 2 is 1.69 bits per heavy atom. The van der Waals surface area contributed by atoms with Gasteiger partial charge in [-0.1, -0.05) is 47.5 Å². The average molecular weight is 468 g/mol. The van der Waals surface area contributed by atoms with Crippen molar-refractivity contribution in [1.82, 2.24) is 0 Å². The smallest absolute Gasteiger partial charge is 0.216 e. The second kappa shape index (κ2) is 10.4. The van der Waals surface area contributed by atoms with Gasteiger partial charge in [-0.25, -0.2) is 8.42 Å². The van der Waals surface area contributed by atoms with Gasteiger partial charge in [0, 0.05) is 5.02 Å². The molecule has 3 aromatic carbocycles. The molecule has 3 aromatic rings. The lowest BCUT2D eigenvalue weighted by molar-refractivity contribution is 0.269. The third kappa shape index (κ3) is 5.70. The van der Waals surface area contributed by atoms with Crippen LogP contribution in [0.4, 0.5) is 0 Å². The van der Waals surface area contributed by atoms with E-state index in [-0.39, 0.29) is 9.80 Å². The van der Waals surface area contributed by atoms with E-state index in [1.54, 1.807) is 24.3 Å². The standard InChI is InChI=1S/C25H22ClNO4S/c1-3-30-25-15-20(8-13-24(25)31-17-19-6-4-18(2)5-7-19)14-23(16-27)32(28,29)22-11-9-21(26)10-12-22/h4-15H,3,17H2,1-2H3/b23-14+. The zero-order chi connectivity index (χ0) is 23.1. The fourth-order valence-corrected chi connectivity index (χ4v) is 4.20. The fourth-order valence-electron chi connectivity index (χ4n) is 2.91. The lowest BCUT2D eigenvalue weighted by Gasteiger charge is -2.13. The lowest BCUT2D eigenvalue weighted by Crippen LogP contribution is -2.03. The molecule has 0 aliphatic heterocycles. The molecular weight excluding hydrogens is 446 g/mol. The maximum Gasteiger partial charge on any atom is 0.216 e. The van der Waals surface area contributed by atoms with Crippen molar-refractivity contribution in [3.8, 4) is 17.6 Å². The minimum absolute atomic E-state index is 0.00205. The molecule has 0 atom stereocenters. The zero-order valence-electron chi connectivity index (χ0n) is 17.7. The van der Waals surface area contributed by atoms with Crippen LogP contribution in [0.3, 0.4) is 0 Å². The first-order valence-corrected chi connectivity index (χ1v) is 11.8. The molecule has 164 valence electrons. The number of allylic oxidation sites excluding steroid dienone is 1. The minimum atomic E-state index is -3.98. The quantitative estimate of drug-likeness (QED) is 0.382. The summed E-state index contributed by atoms with van der Waals surface area (Å²) in [5, 5.41) is 9.93. The van der Waals surface area contributed by atoms with Crippen molar-refractivity contribution >= 4 is 27.5 Å². The third-order valence-corrected chi connectivity index (χ3v) is 6.54. The molecule has 0 N–H and O–H groups in total. The van der Waals surface area contributed by atoms with E-state index in [1.807, 2.05) is 38.1 Å². The molecule has 0 heterocycles. The second-order valence-corrected chi connectivity index (χ2v) is 9.35. The molecule has 0 fully saturated rings. The number of aryl methyl sites for hydroxylation is 1. The molecule has 0 amide bonds. The van der Waals surface area contributed by atoms with Crippen LogP contribution in [0.2, 0.25) is 5.02 Å². The van der Waals surface area contributed by atoms with Crippen LogP contribution in [-0.2, 0) is 16.4 Å². The van der Waals surface area contributed by atoms with Gasteiger partial charge in [0.1, 0.15) is 17.6 Å². The molecule has 0 aliphatic carbocycles. The predicted octanol–water partition coefficient (Wildman–Crippen LogP) is 5.96. The van der Waals surface area contributed by atoms with Gasteiger partial charge in [0.05, 0.1) is 11.5 Å². The number of halogens is 1. The van der Waals surface area contributed by atoms with Crippen LogP contribution >= 0.6 is 11.6 Å². The van der Waals surface area contributed by atoms with Gasteiger partial charge in [-0.05, 0) is 67.4 Å². The molecule has 0 saturated heterocycles. The Bertz CT molecular complexity index is 1260. The van der Waals surface area contributed by atoms with Crippen molar-refractivity contribution in [2.45, 2.75) is 25.3 Å². The first-order chi connectivity index (χ1) is 15.3. The van der Waals surface area contributed by atoms with Gasteiger partial charge in [0.2, 0.25) is 9.84 Å². The van der Waals surface area contributed by atoms with Crippen LogP contribution in [0.15, 0.2) is 76.5 Å². The van der Waals surface area contributed by atoms with Gasteiger partial charge in [0.25, 0.3) is 0 Å². The first-order valence-electron chi connectivity index (χ1n) is 9.91. The van der Waals surface area contributed by atoms with Gasteiger partial charge in [0.15, 0.2) is 11.5 Å². The Hall–Kier alpha value is -3.27. The van der Waals surface area contributed by atoms with Crippen LogP contribution in [0.5, 0.6) is 11.5 Å². The molecule has 0 aromatic heterocycles. The summed E-state index contributed by atoms with van der Waals surface area (Å²) in [6.07, 6.45) is 1.32. The normalized spacial score (nSPS) is 11.6. The van der Waals surface area contributed by atoms with E-state index in [1.165, 1.54) is 35.9 Å². The van der Waals surface area contributed by atoms with E-state index in [0.717, 1.165) is 5.56 Å². The Balaban J connectivity index is 1.88. The zero-order valence-corrected chi connectivity index (χ0v) is 19.3. The summed E-state index contributed by atoms with van der Waals surface area (Å²) >= 11 is 5.84. The highest BCUT2D eigenvalue weighted by molar-refractivity contribution is 7.95. The summed E-state index contributed by atoms with van der Waals surface area (Å²) in [5.74, 6) is 0.998. The molecule has 0 bridgehead atoms. The lowest BCUT2D eigenvalue weighted by atomic mass is 10.1. The van der Waals surface area contributed by atoms with Gasteiger partial charge >= 0.3 is 0 Å². The largest absolute Gasteiger partial charge is 0.490 e. The molecule has 7 heteroatoms. The minimum Gasteiger partial charge on any atom is -0.490 e. The molecule has 32 heavy (non-hydrogen) atoms. The molecule has 3 rings (SSSR count). The van der Waals surface area contributed by atoms with Gasteiger partial charge < -0.3 is 9.47 Å². The van der Waals surface area contributed by atoms with E-state index >= 15 is 0 Å². The van der Waals surface area contributed by atoms with Crippen LogP contribution < -0.4 is 9.47 Å². The fraction of sp³-hybridized carbons (Fsp3) is 0.160. The second-order valence-electron chi connectivity index (χ2n) is 6.99. The van der Waals surface area contributed by atoms with Crippen LogP contribution in [0.1, 0.15) is 23.6 Å². The van der Waals surface area contributed by atoms with Crippen LogP contribution in [0.25, 0.3) is 6.08 Å². The highest BCUT2D eigenvalue weighted by atomic mass is 35.5. The number of hydrogen-bond acceptors (Lipinski definition) is 5. The Kier molecular flexibility index (Phi) is 7.57. The third-order valence-electron chi connectivity index (χ3n) is 4.60. The van der Waals surface area contributed by atoms with Crippen LogP contribution in [-0.4, -0.2) is 15.0 Å². The van der Waals surface area contributed by atoms with Crippen molar-refractivity contribution < 1.29 is 17.9 Å². The van der Waals surface area contributed by atoms with Crippen LogP contribution in [0, 0.1) is 18.3 Å². The van der Waals surface area contributed by atoms with E-state index in [4.69, 9.17) is 21.1 Å². The summed E-state index contributed by atoms with van der Waals surface area (Å²) < 4.78 is 37.3. The molecular formula is C25H22ClNO4S. The van der Waals surface area contributed by atoms with Crippen molar-refractivity contribution in [2.75, 3.05) is 6.61 Å². The van der Waals surface area contributed by atoms with Gasteiger partial charge in [-0.2, -0.15) is 5.26 Å². The van der Waals surface area contributed by atoms with Crippen molar-refractivity contribution in [3.05, 3.63) is 93.3 Å². The Labute approximate surface area is 193 Å². The highest BCUT2D eigenvalue weighted by Gasteiger charge is 2.21. The number of hydrogen-bond donors (Lipinski definition) is 0.